The van der Waals surface area contributed by atoms with Crippen LogP contribution in [0, 0.1) is 0 Å². The number of aromatic nitrogens is 2. The molecule has 0 aliphatic carbocycles. The molecule has 1 aromatic rings. The molecule has 0 bridgehead atoms. The van der Waals surface area contributed by atoms with Crippen molar-refractivity contribution in [1.82, 2.24) is 15.1 Å². The number of methoxy groups -OCH3 is 2. The molecule has 1 heterocycles. The first-order valence-electron chi connectivity index (χ1n) is 7.03. The van der Waals surface area contributed by atoms with E-state index in [1.54, 1.807) is 20.4 Å². The molecule has 0 aromatic carbocycles. The molecule has 0 radical (unpaired) electrons. The molecule has 0 amide bonds. The summed E-state index contributed by atoms with van der Waals surface area (Å²) in [5.74, 6) is 0.846. The average Bonchev–Trinajstić information content (AvgIpc) is 2.85. The molecular formula is C14H27N3O2. The van der Waals surface area contributed by atoms with Crippen LogP contribution in [0.25, 0.3) is 0 Å². The summed E-state index contributed by atoms with van der Waals surface area (Å²) in [5, 5.41) is 7.94. The van der Waals surface area contributed by atoms with Crippen molar-refractivity contribution in [2.45, 2.75) is 52.3 Å². The van der Waals surface area contributed by atoms with Crippen molar-refractivity contribution >= 4 is 0 Å². The van der Waals surface area contributed by atoms with Crippen LogP contribution < -0.4 is 10.1 Å². The van der Waals surface area contributed by atoms with Gasteiger partial charge in [0.2, 0.25) is 0 Å². The molecule has 1 aromatic heterocycles. The first-order chi connectivity index (χ1) is 9.17. The van der Waals surface area contributed by atoms with Crippen molar-refractivity contribution in [3.8, 4) is 5.75 Å². The van der Waals surface area contributed by atoms with Gasteiger partial charge in [-0.15, -0.1) is 0 Å². The van der Waals surface area contributed by atoms with Crippen LogP contribution in [-0.2, 0) is 11.3 Å². The van der Waals surface area contributed by atoms with Gasteiger partial charge in [-0.05, 0) is 33.2 Å². The normalized spacial score (nSPS) is 14.4. The molecule has 5 heteroatoms. The van der Waals surface area contributed by atoms with E-state index in [0.29, 0.717) is 0 Å². The number of hydrogen-bond acceptors (Lipinski definition) is 4. The van der Waals surface area contributed by atoms with Crippen LogP contribution in [0.4, 0.5) is 0 Å². The van der Waals surface area contributed by atoms with Crippen LogP contribution in [0.3, 0.4) is 0 Å². The SMILES string of the molecule is CCCNC(CC(C)OC)c1c(OC)cnn1CC. The predicted molar refractivity (Wildman–Crippen MR) is 76.6 cm³/mol. The van der Waals surface area contributed by atoms with Crippen LogP contribution in [0.15, 0.2) is 6.20 Å². The van der Waals surface area contributed by atoms with Gasteiger partial charge >= 0.3 is 0 Å². The topological polar surface area (TPSA) is 48.3 Å². The number of aryl methyl sites for hydroxylation is 1. The zero-order valence-corrected chi connectivity index (χ0v) is 12.8. The van der Waals surface area contributed by atoms with Gasteiger partial charge in [0.1, 0.15) is 0 Å². The lowest BCUT2D eigenvalue weighted by atomic mass is 10.1. The number of rotatable bonds is 9. The summed E-state index contributed by atoms with van der Waals surface area (Å²) >= 11 is 0. The van der Waals surface area contributed by atoms with Gasteiger partial charge in [0.25, 0.3) is 0 Å². The van der Waals surface area contributed by atoms with E-state index in [2.05, 4.69) is 31.2 Å². The van der Waals surface area contributed by atoms with Gasteiger partial charge in [0.05, 0.1) is 31.1 Å². The van der Waals surface area contributed by atoms with Gasteiger partial charge in [-0.25, -0.2) is 0 Å². The number of nitrogens with zero attached hydrogens (tertiary/aromatic N) is 2. The van der Waals surface area contributed by atoms with Crippen LogP contribution in [0.2, 0.25) is 0 Å². The Morgan fingerprint density at radius 3 is 2.63 bits per heavy atom. The molecule has 0 spiro atoms. The summed E-state index contributed by atoms with van der Waals surface area (Å²) in [5.41, 5.74) is 1.11. The van der Waals surface area contributed by atoms with Crippen molar-refractivity contribution < 1.29 is 9.47 Å². The third kappa shape index (κ3) is 4.21. The minimum Gasteiger partial charge on any atom is -0.493 e. The predicted octanol–water partition coefficient (Wildman–Crippen LogP) is 2.38. The van der Waals surface area contributed by atoms with Crippen molar-refractivity contribution in [3.05, 3.63) is 11.9 Å². The highest BCUT2D eigenvalue weighted by Gasteiger charge is 2.22. The van der Waals surface area contributed by atoms with E-state index in [1.807, 2.05) is 4.68 Å². The highest BCUT2D eigenvalue weighted by Crippen LogP contribution is 2.28. The summed E-state index contributed by atoms with van der Waals surface area (Å²) in [6, 6.07) is 0.201. The van der Waals surface area contributed by atoms with Gasteiger partial charge in [0, 0.05) is 13.7 Å². The maximum Gasteiger partial charge on any atom is 0.161 e. The van der Waals surface area contributed by atoms with Gasteiger partial charge < -0.3 is 14.8 Å². The fourth-order valence-electron chi connectivity index (χ4n) is 2.18. The second-order valence-electron chi connectivity index (χ2n) is 4.70. The Morgan fingerprint density at radius 1 is 1.37 bits per heavy atom. The molecule has 0 saturated heterocycles. The summed E-state index contributed by atoms with van der Waals surface area (Å²) in [7, 11) is 3.44. The Morgan fingerprint density at radius 2 is 2.11 bits per heavy atom. The van der Waals surface area contributed by atoms with Gasteiger partial charge in [0.15, 0.2) is 5.75 Å². The van der Waals surface area contributed by atoms with E-state index in [0.717, 1.165) is 37.4 Å². The molecule has 1 N–H and O–H groups in total. The van der Waals surface area contributed by atoms with Gasteiger partial charge in [-0.2, -0.15) is 5.10 Å². The summed E-state index contributed by atoms with van der Waals surface area (Å²) in [6.07, 6.45) is 3.98. The van der Waals surface area contributed by atoms with Crippen molar-refractivity contribution in [1.29, 1.82) is 0 Å². The smallest absolute Gasteiger partial charge is 0.161 e. The third-order valence-corrected chi connectivity index (χ3v) is 3.31. The second-order valence-corrected chi connectivity index (χ2v) is 4.70. The largest absolute Gasteiger partial charge is 0.493 e. The molecule has 5 nitrogen and oxygen atoms in total. The fraction of sp³-hybridized carbons (Fsp3) is 0.786. The molecular weight excluding hydrogens is 242 g/mol. The summed E-state index contributed by atoms with van der Waals surface area (Å²) in [4.78, 5) is 0. The zero-order chi connectivity index (χ0) is 14.3. The van der Waals surface area contributed by atoms with E-state index in [9.17, 15) is 0 Å². The zero-order valence-electron chi connectivity index (χ0n) is 12.8. The molecule has 0 aliphatic heterocycles. The Kier molecular flexibility index (Phi) is 6.87. The number of nitrogens with one attached hydrogen (secondary N) is 1. The molecule has 0 saturated carbocycles. The maximum absolute atomic E-state index is 5.44. The summed E-state index contributed by atoms with van der Waals surface area (Å²) in [6.45, 7) is 8.15. The van der Waals surface area contributed by atoms with Crippen molar-refractivity contribution in [2.24, 2.45) is 0 Å². The minimum atomic E-state index is 0.194. The highest BCUT2D eigenvalue weighted by atomic mass is 16.5. The van der Waals surface area contributed by atoms with E-state index in [-0.39, 0.29) is 12.1 Å². The van der Waals surface area contributed by atoms with Crippen LogP contribution in [0.5, 0.6) is 5.75 Å². The standard InChI is InChI=1S/C14H27N3O2/c1-6-8-15-12(9-11(3)18-4)14-13(19-5)10-16-17(14)7-2/h10-12,15H,6-9H2,1-5H3. The minimum absolute atomic E-state index is 0.194. The molecule has 0 fully saturated rings. The van der Waals surface area contributed by atoms with E-state index in [1.165, 1.54) is 0 Å². The van der Waals surface area contributed by atoms with Gasteiger partial charge in [-0.1, -0.05) is 6.92 Å². The molecule has 1 rings (SSSR count). The summed E-state index contributed by atoms with van der Waals surface area (Å²) < 4.78 is 12.8. The van der Waals surface area contributed by atoms with Crippen LogP contribution in [-0.4, -0.2) is 36.6 Å². The third-order valence-electron chi connectivity index (χ3n) is 3.31. The van der Waals surface area contributed by atoms with E-state index >= 15 is 0 Å². The molecule has 110 valence electrons. The van der Waals surface area contributed by atoms with Crippen molar-refractivity contribution in [2.75, 3.05) is 20.8 Å². The Labute approximate surface area is 116 Å². The molecule has 0 aliphatic rings. The highest BCUT2D eigenvalue weighted by molar-refractivity contribution is 5.28. The van der Waals surface area contributed by atoms with Crippen LogP contribution >= 0.6 is 0 Å². The van der Waals surface area contributed by atoms with E-state index < -0.39 is 0 Å². The number of ether oxygens (including phenoxy) is 2. The van der Waals surface area contributed by atoms with Gasteiger partial charge in [-0.3, -0.25) is 4.68 Å². The quantitative estimate of drug-likeness (QED) is 0.747. The lowest BCUT2D eigenvalue weighted by molar-refractivity contribution is 0.0989. The molecule has 2 atom stereocenters. The Bertz CT molecular complexity index is 344. The first-order valence-corrected chi connectivity index (χ1v) is 7.03. The van der Waals surface area contributed by atoms with Crippen LogP contribution in [0.1, 0.15) is 45.3 Å². The van der Waals surface area contributed by atoms with Crippen molar-refractivity contribution in [3.63, 3.8) is 0 Å². The molecule has 2 unspecified atom stereocenters. The fourth-order valence-corrected chi connectivity index (χ4v) is 2.18. The second kappa shape index (κ2) is 8.17. The molecule has 19 heavy (non-hydrogen) atoms. The van der Waals surface area contributed by atoms with E-state index in [4.69, 9.17) is 9.47 Å². The lowest BCUT2D eigenvalue weighted by Crippen LogP contribution is -2.28. The lowest BCUT2D eigenvalue weighted by Gasteiger charge is -2.23. The maximum atomic E-state index is 5.44. The monoisotopic (exact) mass is 269 g/mol. The Balaban J connectivity index is 2.97. The first kappa shape index (κ1) is 16.0. The number of hydrogen-bond donors (Lipinski definition) is 1. The average molecular weight is 269 g/mol. The Hall–Kier alpha value is -1.07.